The first-order valence-corrected chi connectivity index (χ1v) is 2.82. The van der Waals surface area contributed by atoms with E-state index in [0.717, 1.165) is 11.8 Å². The molecule has 1 heteroatoms. The van der Waals surface area contributed by atoms with E-state index in [1.807, 2.05) is 0 Å². The second-order valence-electron chi connectivity index (χ2n) is 2.33. The molecule has 2 bridgehead atoms. The summed E-state index contributed by atoms with van der Waals surface area (Å²) in [5, 5.41) is 0. The predicted molar refractivity (Wildman–Crippen MR) is 55.5 cm³/mol. The van der Waals surface area contributed by atoms with Gasteiger partial charge in [-0.05, 0) is 18.3 Å². The van der Waals surface area contributed by atoms with E-state index < -0.39 is 0 Å². The van der Waals surface area contributed by atoms with Crippen LogP contribution in [0.5, 0.6) is 0 Å². The molecule has 0 aromatic rings. The summed E-state index contributed by atoms with van der Waals surface area (Å²) >= 11 is 0. The van der Waals surface area contributed by atoms with Crippen LogP contribution in [0.4, 0.5) is 0 Å². The summed E-state index contributed by atoms with van der Waals surface area (Å²) < 4.78 is 0. The molecule has 0 saturated heterocycles. The van der Waals surface area contributed by atoms with Gasteiger partial charge in [-0.3, -0.25) is 0 Å². The molecular weight excluding hydrogens is 327 g/mol. The van der Waals surface area contributed by atoms with Crippen molar-refractivity contribution in [2.45, 2.75) is 6.42 Å². The monoisotopic (exact) mass is 347 g/mol. The first-order chi connectivity index (χ1) is 3.45. The molecule has 74 valence electrons. The van der Waals surface area contributed by atoms with Crippen LogP contribution in [0.25, 0.3) is 0 Å². The minimum atomic E-state index is 0. The normalized spacial score (nSPS) is 25.3. The zero-order valence-corrected chi connectivity index (χ0v) is 10.8. The van der Waals surface area contributed by atoms with Crippen molar-refractivity contribution < 1.29 is 21.1 Å². The van der Waals surface area contributed by atoms with Crippen LogP contribution in [0.15, 0.2) is 24.3 Å². The standard InChI is InChI=1S/C7H8.4CH3.Pt/c1-2-7-4-3-6(1)5-7;;;;;/h1-4,6-7H,5H2;4*1H3;/q;4*-1;+4. The van der Waals surface area contributed by atoms with Crippen LogP contribution in [-0.2, 0) is 21.1 Å². The van der Waals surface area contributed by atoms with Crippen LogP contribution in [0.3, 0.4) is 0 Å². The molecule has 0 unspecified atom stereocenters. The first kappa shape index (κ1) is 22.7. The van der Waals surface area contributed by atoms with Gasteiger partial charge in [0.05, 0.1) is 0 Å². The maximum Gasteiger partial charge on any atom is 4.00 e. The van der Waals surface area contributed by atoms with E-state index >= 15 is 0 Å². The van der Waals surface area contributed by atoms with Gasteiger partial charge in [0.15, 0.2) is 0 Å². The van der Waals surface area contributed by atoms with Crippen LogP contribution in [0.2, 0.25) is 0 Å². The molecule has 0 saturated carbocycles. The van der Waals surface area contributed by atoms with E-state index in [0.29, 0.717) is 0 Å². The maximum atomic E-state index is 2.30. The second kappa shape index (κ2) is 9.26. The van der Waals surface area contributed by atoms with Crippen LogP contribution in [0.1, 0.15) is 6.42 Å². The number of hydrogen-bond donors (Lipinski definition) is 0. The van der Waals surface area contributed by atoms with Crippen molar-refractivity contribution in [2.75, 3.05) is 0 Å². The minimum Gasteiger partial charge on any atom is -0.358 e. The van der Waals surface area contributed by atoms with E-state index in [9.17, 15) is 0 Å². The number of allylic oxidation sites excluding steroid dienone is 4. The molecule has 0 N–H and O–H groups in total. The van der Waals surface area contributed by atoms with Crippen molar-refractivity contribution in [3.63, 3.8) is 0 Å². The van der Waals surface area contributed by atoms with E-state index in [4.69, 9.17) is 0 Å². The topological polar surface area (TPSA) is 0 Å². The van der Waals surface area contributed by atoms with Gasteiger partial charge in [-0.25, -0.2) is 0 Å². The minimum absolute atomic E-state index is 0. The van der Waals surface area contributed by atoms with Gasteiger partial charge < -0.3 is 29.7 Å². The van der Waals surface area contributed by atoms with Crippen LogP contribution < -0.4 is 0 Å². The third-order valence-electron chi connectivity index (χ3n) is 1.76. The van der Waals surface area contributed by atoms with E-state index in [2.05, 4.69) is 24.3 Å². The van der Waals surface area contributed by atoms with Crippen LogP contribution >= 0.6 is 0 Å². The van der Waals surface area contributed by atoms with E-state index in [1.165, 1.54) is 6.42 Å². The van der Waals surface area contributed by atoms with Gasteiger partial charge in [0.25, 0.3) is 0 Å². The SMILES string of the molecule is C1=CC2C=CC1C2.[CH3-].[CH3-].[CH3-].[CH3-].[Pt+4]. The Hall–Kier alpha value is 0.168. The molecule has 2 aliphatic carbocycles. The number of hydrogen-bond acceptors (Lipinski definition) is 0. The second-order valence-corrected chi connectivity index (χ2v) is 2.33. The van der Waals surface area contributed by atoms with Crippen molar-refractivity contribution >= 4 is 0 Å². The molecule has 0 fully saturated rings. The van der Waals surface area contributed by atoms with E-state index in [-0.39, 0.29) is 50.8 Å². The fraction of sp³-hybridized carbons (Fsp3) is 0.273. The molecule has 0 amide bonds. The van der Waals surface area contributed by atoms with Gasteiger partial charge in [-0.2, -0.15) is 0 Å². The van der Waals surface area contributed by atoms with Gasteiger partial charge in [0.2, 0.25) is 0 Å². The molecule has 2 aliphatic rings. The third kappa shape index (κ3) is 4.26. The van der Waals surface area contributed by atoms with Gasteiger partial charge in [-0.1, -0.05) is 24.3 Å². The van der Waals surface area contributed by atoms with Crippen molar-refractivity contribution in [3.05, 3.63) is 54.0 Å². The molecule has 2 rings (SSSR count). The van der Waals surface area contributed by atoms with Crippen LogP contribution in [-0.4, -0.2) is 0 Å². The Morgan fingerprint density at radius 2 is 0.917 bits per heavy atom. The summed E-state index contributed by atoms with van der Waals surface area (Å²) in [5.41, 5.74) is 0. The Kier molecular flexibility index (Phi) is 17.5. The van der Waals surface area contributed by atoms with Gasteiger partial charge in [-0.15, -0.1) is 0 Å². The zero-order valence-electron chi connectivity index (χ0n) is 8.49. The fourth-order valence-electron chi connectivity index (χ4n) is 1.33. The third-order valence-corrected chi connectivity index (χ3v) is 1.76. The Morgan fingerprint density at radius 1 is 0.667 bits per heavy atom. The molecule has 0 aromatic carbocycles. The van der Waals surface area contributed by atoms with Crippen molar-refractivity contribution in [1.82, 2.24) is 0 Å². The fourth-order valence-corrected chi connectivity index (χ4v) is 1.33. The molecular formula is C11H20Pt. The summed E-state index contributed by atoms with van der Waals surface area (Å²) in [6.45, 7) is 0. The van der Waals surface area contributed by atoms with Gasteiger partial charge >= 0.3 is 21.1 Å². The molecule has 12 heavy (non-hydrogen) atoms. The molecule has 0 aliphatic heterocycles. The smallest absolute Gasteiger partial charge is 0.358 e. The zero-order chi connectivity index (χ0) is 4.69. The number of rotatable bonds is 0. The first-order valence-electron chi connectivity index (χ1n) is 2.82. The Labute approximate surface area is 93.4 Å². The average Bonchev–Trinajstić information content (AvgIpc) is 2.22. The van der Waals surface area contributed by atoms with Crippen molar-refractivity contribution in [1.29, 1.82) is 0 Å². The van der Waals surface area contributed by atoms with Gasteiger partial charge in [0.1, 0.15) is 0 Å². The summed E-state index contributed by atoms with van der Waals surface area (Å²) in [6, 6.07) is 0. The Bertz CT molecular complexity index is 108. The Morgan fingerprint density at radius 3 is 1.00 bits per heavy atom. The quantitative estimate of drug-likeness (QED) is 0.464. The summed E-state index contributed by atoms with van der Waals surface area (Å²) in [6.07, 6.45) is 10.5. The molecule has 0 nitrogen and oxygen atoms in total. The van der Waals surface area contributed by atoms with E-state index in [1.54, 1.807) is 0 Å². The van der Waals surface area contributed by atoms with Crippen molar-refractivity contribution in [3.8, 4) is 0 Å². The predicted octanol–water partition coefficient (Wildman–Crippen LogP) is 3.55. The summed E-state index contributed by atoms with van der Waals surface area (Å²) in [5.74, 6) is 1.62. The van der Waals surface area contributed by atoms with Gasteiger partial charge in [0, 0.05) is 0 Å². The Balaban J connectivity index is -0.0000000640. The van der Waals surface area contributed by atoms with Crippen molar-refractivity contribution in [2.24, 2.45) is 11.8 Å². The van der Waals surface area contributed by atoms with Crippen LogP contribution in [0, 0.1) is 41.5 Å². The molecule has 0 spiro atoms. The molecule has 0 atom stereocenters. The largest absolute Gasteiger partial charge is 4.00 e. The number of fused-ring (bicyclic) bond motifs is 2. The summed E-state index contributed by atoms with van der Waals surface area (Å²) in [7, 11) is 0. The summed E-state index contributed by atoms with van der Waals surface area (Å²) in [4.78, 5) is 0. The average molecular weight is 347 g/mol. The molecule has 0 radical (unpaired) electrons. The maximum absolute atomic E-state index is 2.30. The molecule has 0 heterocycles. The molecule has 0 aromatic heterocycles.